The fraction of sp³-hybridized carbons (Fsp3) is 0.556. The van der Waals surface area contributed by atoms with E-state index in [9.17, 15) is 4.79 Å². The SMILES string of the molecule is CN=C(NCCNC(=O)C(C)C)NC(C)CCc1ccccc1.I. The number of rotatable bonds is 8. The average molecular weight is 446 g/mol. The van der Waals surface area contributed by atoms with Crippen LogP contribution in [0.2, 0.25) is 0 Å². The smallest absolute Gasteiger partial charge is 0.222 e. The topological polar surface area (TPSA) is 65.5 Å². The number of halogens is 1. The molecule has 1 atom stereocenters. The average Bonchev–Trinajstić information content (AvgIpc) is 2.56. The summed E-state index contributed by atoms with van der Waals surface area (Å²) in [6, 6.07) is 10.8. The largest absolute Gasteiger partial charge is 0.355 e. The summed E-state index contributed by atoms with van der Waals surface area (Å²) in [5, 5.41) is 9.47. The summed E-state index contributed by atoms with van der Waals surface area (Å²) in [6.07, 6.45) is 2.07. The Labute approximate surface area is 163 Å². The van der Waals surface area contributed by atoms with Crippen LogP contribution in [-0.4, -0.2) is 38.0 Å². The van der Waals surface area contributed by atoms with Crippen LogP contribution in [0.25, 0.3) is 0 Å². The number of benzene rings is 1. The Morgan fingerprint density at radius 1 is 1.08 bits per heavy atom. The van der Waals surface area contributed by atoms with Gasteiger partial charge in [0.1, 0.15) is 0 Å². The molecule has 0 bridgehead atoms. The van der Waals surface area contributed by atoms with Gasteiger partial charge in [0.2, 0.25) is 5.91 Å². The minimum absolute atomic E-state index is 0. The molecule has 1 unspecified atom stereocenters. The Morgan fingerprint density at radius 2 is 1.71 bits per heavy atom. The van der Waals surface area contributed by atoms with Crippen molar-refractivity contribution in [2.75, 3.05) is 20.1 Å². The molecular formula is C18H31IN4O. The second-order valence-corrected chi connectivity index (χ2v) is 6.01. The van der Waals surface area contributed by atoms with Gasteiger partial charge >= 0.3 is 0 Å². The van der Waals surface area contributed by atoms with Crippen LogP contribution >= 0.6 is 24.0 Å². The van der Waals surface area contributed by atoms with Crippen molar-refractivity contribution in [1.29, 1.82) is 0 Å². The maximum Gasteiger partial charge on any atom is 0.222 e. The van der Waals surface area contributed by atoms with Crippen LogP contribution in [0.5, 0.6) is 0 Å². The normalized spacial score (nSPS) is 12.3. The van der Waals surface area contributed by atoms with Crippen molar-refractivity contribution in [2.24, 2.45) is 10.9 Å². The van der Waals surface area contributed by atoms with Crippen LogP contribution in [0.1, 0.15) is 32.8 Å². The molecule has 0 aliphatic carbocycles. The molecule has 0 aliphatic rings. The predicted molar refractivity (Wildman–Crippen MR) is 112 cm³/mol. The molecule has 0 radical (unpaired) electrons. The second kappa shape index (κ2) is 13.0. The van der Waals surface area contributed by atoms with E-state index in [2.05, 4.69) is 52.1 Å². The molecular weight excluding hydrogens is 415 g/mol. The van der Waals surface area contributed by atoms with E-state index in [-0.39, 0.29) is 35.8 Å². The van der Waals surface area contributed by atoms with Gasteiger partial charge < -0.3 is 16.0 Å². The number of hydrogen-bond donors (Lipinski definition) is 3. The molecule has 3 N–H and O–H groups in total. The third-order valence-electron chi connectivity index (χ3n) is 3.56. The van der Waals surface area contributed by atoms with Crippen LogP contribution in [-0.2, 0) is 11.2 Å². The predicted octanol–water partition coefficient (Wildman–Crippen LogP) is 2.56. The monoisotopic (exact) mass is 446 g/mol. The van der Waals surface area contributed by atoms with Crippen molar-refractivity contribution in [3.63, 3.8) is 0 Å². The van der Waals surface area contributed by atoms with Gasteiger partial charge in [-0.1, -0.05) is 44.2 Å². The number of guanidine groups is 1. The first-order valence-electron chi connectivity index (χ1n) is 8.31. The minimum atomic E-state index is 0. The maximum absolute atomic E-state index is 11.5. The summed E-state index contributed by atoms with van der Waals surface area (Å²) in [5.74, 6) is 0.862. The number of nitrogens with zero attached hydrogens (tertiary/aromatic N) is 1. The molecule has 0 fully saturated rings. The quantitative estimate of drug-likeness (QED) is 0.249. The zero-order chi connectivity index (χ0) is 17.1. The van der Waals surface area contributed by atoms with E-state index in [4.69, 9.17) is 0 Å². The first-order valence-corrected chi connectivity index (χ1v) is 8.31. The Kier molecular flexibility index (Phi) is 12.3. The molecule has 0 saturated heterocycles. The lowest BCUT2D eigenvalue weighted by atomic mass is 10.1. The third kappa shape index (κ3) is 9.75. The highest BCUT2D eigenvalue weighted by Crippen LogP contribution is 2.04. The zero-order valence-electron chi connectivity index (χ0n) is 15.1. The van der Waals surface area contributed by atoms with E-state index in [1.807, 2.05) is 19.9 Å². The zero-order valence-corrected chi connectivity index (χ0v) is 17.5. The molecule has 5 nitrogen and oxygen atoms in total. The molecule has 0 aliphatic heterocycles. The molecule has 1 rings (SSSR count). The summed E-state index contributed by atoms with van der Waals surface area (Å²) >= 11 is 0. The van der Waals surface area contributed by atoms with Gasteiger partial charge in [-0.15, -0.1) is 24.0 Å². The van der Waals surface area contributed by atoms with Crippen LogP contribution in [0.4, 0.5) is 0 Å². The van der Waals surface area contributed by atoms with Crippen molar-refractivity contribution in [3.05, 3.63) is 35.9 Å². The van der Waals surface area contributed by atoms with Crippen molar-refractivity contribution < 1.29 is 4.79 Å². The number of carbonyl (C=O) groups excluding carboxylic acids is 1. The highest BCUT2D eigenvalue weighted by molar-refractivity contribution is 14.0. The summed E-state index contributed by atoms with van der Waals surface area (Å²) < 4.78 is 0. The maximum atomic E-state index is 11.5. The van der Waals surface area contributed by atoms with Crippen molar-refractivity contribution in [3.8, 4) is 0 Å². The molecule has 6 heteroatoms. The Balaban J connectivity index is 0.00000529. The van der Waals surface area contributed by atoms with E-state index in [1.165, 1.54) is 5.56 Å². The molecule has 0 spiro atoms. The lowest BCUT2D eigenvalue weighted by Crippen LogP contribution is -2.45. The molecule has 1 amide bonds. The molecule has 0 aromatic heterocycles. The summed E-state index contributed by atoms with van der Waals surface area (Å²) in [4.78, 5) is 15.7. The van der Waals surface area contributed by atoms with Gasteiger partial charge in [-0.05, 0) is 25.3 Å². The molecule has 1 aromatic rings. The highest BCUT2D eigenvalue weighted by Gasteiger charge is 2.07. The number of carbonyl (C=O) groups is 1. The van der Waals surface area contributed by atoms with Gasteiger partial charge in [-0.3, -0.25) is 9.79 Å². The molecule has 24 heavy (non-hydrogen) atoms. The first kappa shape index (κ1) is 22.7. The number of aliphatic imine (C=N–C) groups is 1. The van der Waals surface area contributed by atoms with Crippen molar-refractivity contribution >= 4 is 35.8 Å². The number of aryl methyl sites for hydroxylation is 1. The Hall–Kier alpha value is -1.31. The van der Waals surface area contributed by atoms with Crippen LogP contribution in [0.15, 0.2) is 35.3 Å². The minimum Gasteiger partial charge on any atom is -0.355 e. The van der Waals surface area contributed by atoms with E-state index in [0.717, 1.165) is 18.8 Å². The number of amides is 1. The van der Waals surface area contributed by atoms with Gasteiger partial charge in [0.15, 0.2) is 5.96 Å². The van der Waals surface area contributed by atoms with E-state index in [1.54, 1.807) is 7.05 Å². The Morgan fingerprint density at radius 3 is 2.29 bits per heavy atom. The van der Waals surface area contributed by atoms with Crippen LogP contribution in [0.3, 0.4) is 0 Å². The molecule has 0 saturated carbocycles. The number of nitrogens with one attached hydrogen (secondary N) is 3. The third-order valence-corrected chi connectivity index (χ3v) is 3.56. The van der Waals surface area contributed by atoms with E-state index in [0.29, 0.717) is 19.1 Å². The fourth-order valence-electron chi connectivity index (χ4n) is 2.10. The standard InChI is InChI=1S/C18H30N4O.HI/c1-14(2)17(23)20-12-13-21-18(19-4)22-15(3)10-11-16-8-6-5-7-9-16;/h5-9,14-15H,10-13H2,1-4H3,(H,20,23)(H2,19,21,22);1H. The second-order valence-electron chi connectivity index (χ2n) is 6.01. The van der Waals surface area contributed by atoms with Gasteiger partial charge in [0, 0.05) is 32.1 Å². The Bertz CT molecular complexity index is 491. The van der Waals surface area contributed by atoms with Crippen LogP contribution in [0, 0.1) is 5.92 Å². The van der Waals surface area contributed by atoms with E-state index < -0.39 is 0 Å². The van der Waals surface area contributed by atoms with Crippen molar-refractivity contribution in [2.45, 2.75) is 39.7 Å². The van der Waals surface area contributed by atoms with Crippen LogP contribution < -0.4 is 16.0 Å². The highest BCUT2D eigenvalue weighted by atomic mass is 127. The lowest BCUT2D eigenvalue weighted by molar-refractivity contribution is -0.123. The molecule has 136 valence electrons. The number of hydrogen-bond acceptors (Lipinski definition) is 2. The molecule has 1 aromatic carbocycles. The van der Waals surface area contributed by atoms with E-state index >= 15 is 0 Å². The fourth-order valence-corrected chi connectivity index (χ4v) is 2.10. The molecule has 0 heterocycles. The lowest BCUT2D eigenvalue weighted by Gasteiger charge is -2.18. The van der Waals surface area contributed by atoms with Gasteiger partial charge in [0.25, 0.3) is 0 Å². The van der Waals surface area contributed by atoms with Gasteiger partial charge in [-0.2, -0.15) is 0 Å². The van der Waals surface area contributed by atoms with Gasteiger partial charge in [-0.25, -0.2) is 0 Å². The van der Waals surface area contributed by atoms with Crippen molar-refractivity contribution in [1.82, 2.24) is 16.0 Å². The summed E-state index contributed by atoms with van der Waals surface area (Å²) in [5.41, 5.74) is 1.35. The summed E-state index contributed by atoms with van der Waals surface area (Å²) in [6.45, 7) is 7.17. The first-order chi connectivity index (χ1) is 11.0. The van der Waals surface area contributed by atoms with Gasteiger partial charge in [0.05, 0.1) is 0 Å². The summed E-state index contributed by atoms with van der Waals surface area (Å²) in [7, 11) is 1.76.